The number of fused-ring (bicyclic) bond motifs is 1. The van der Waals surface area contributed by atoms with E-state index in [-0.39, 0.29) is 0 Å². The van der Waals surface area contributed by atoms with Crippen LogP contribution in [0.5, 0.6) is 0 Å². The maximum atomic E-state index is 4.82. The highest BCUT2D eigenvalue weighted by Gasteiger charge is 2.25. The van der Waals surface area contributed by atoms with Gasteiger partial charge in [0.05, 0.1) is 0 Å². The number of aryl methyl sites for hydroxylation is 1. The maximum Gasteiger partial charge on any atom is 0.132 e. The lowest BCUT2D eigenvalue weighted by molar-refractivity contribution is 0.113. The van der Waals surface area contributed by atoms with Crippen molar-refractivity contribution in [2.75, 3.05) is 46.1 Å². The molecule has 0 radical (unpaired) electrons. The topological polar surface area (TPSA) is 44.3 Å². The van der Waals surface area contributed by atoms with Crippen molar-refractivity contribution in [1.82, 2.24) is 19.8 Å². The van der Waals surface area contributed by atoms with Crippen LogP contribution in [-0.4, -0.2) is 66.6 Å². The largest absolute Gasteiger partial charge is 0.373 e. The summed E-state index contributed by atoms with van der Waals surface area (Å²) in [6.07, 6.45) is 4.40. The molecule has 1 aromatic heterocycles. The highest BCUT2D eigenvalue weighted by Crippen LogP contribution is 2.26. The van der Waals surface area contributed by atoms with Gasteiger partial charge in [0.2, 0.25) is 0 Å². The molecular weight excluding hydrogens is 250 g/mol. The van der Waals surface area contributed by atoms with Gasteiger partial charge in [0.25, 0.3) is 0 Å². The van der Waals surface area contributed by atoms with Gasteiger partial charge in [-0.1, -0.05) is 0 Å². The normalized spacial score (nSPS) is 23.9. The van der Waals surface area contributed by atoms with Crippen molar-refractivity contribution in [3.05, 3.63) is 17.1 Å². The van der Waals surface area contributed by atoms with Gasteiger partial charge in [-0.25, -0.2) is 9.97 Å². The van der Waals surface area contributed by atoms with Crippen LogP contribution in [0.3, 0.4) is 0 Å². The number of aromatic nitrogens is 2. The Morgan fingerprint density at radius 1 is 1.20 bits per heavy atom. The first-order chi connectivity index (χ1) is 9.67. The molecule has 0 saturated carbocycles. The molecule has 1 aliphatic heterocycles. The number of hydrogen-bond acceptors (Lipinski definition) is 5. The predicted octanol–water partition coefficient (Wildman–Crippen LogP) is 0.795. The lowest BCUT2D eigenvalue weighted by Crippen LogP contribution is -2.51. The van der Waals surface area contributed by atoms with E-state index in [1.807, 2.05) is 7.05 Å². The van der Waals surface area contributed by atoms with Gasteiger partial charge in [0.15, 0.2) is 0 Å². The fourth-order valence-electron chi connectivity index (χ4n) is 3.31. The van der Waals surface area contributed by atoms with E-state index >= 15 is 0 Å². The fourth-order valence-corrected chi connectivity index (χ4v) is 3.31. The molecular formula is C15H25N5. The second-order valence-electron chi connectivity index (χ2n) is 6.12. The SMILES string of the molecule is CNc1nc(CC2CN(C)CCN2C)nc2c1CCC2. The molecule has 110 valence electrons. The molecule has 1 aliphatic carbocycles. The van der Waals surface area contributed by atoms with Crippen molar-refractivity contribution in [2.24, 2.45) is 0 Å². The second-order valence-corrected chi connectivity index (χ2v) is 6.12. The number of nitrogens with one attached hydrogen (secondary N) is 1. The highest BCUT2D eigenvalue weighted by atomic mass is 15.3. The molecule has 5 nitrogen and oxygen atoms in total. The van der Waals surface area contributed by atoms with Gasteiger partial charge >= 0.3 is 0 Å². The number of anilines is 1. The summed E-state index contributed by atoms with van der Waals surface area (Å²) in [5.41, 5.74) is 2.61. The Labute approximate surface area is 121 Å². The molecule has 2 aliphatic rings. The van der Waals surface area contributed by atoms with E-state index in [0.717, 1.165) is 50.5 Å². The van der Waals surface area contributed by atoms with Crippen molar-refractivity contribution in [3.63, 3.8) is 0 Å². The summed E-state index contributed by atoms with van der Waals surface area (Å²) in [6, 6.07) is 0.526. The monoisotopic (exact) mass is 275 g/mol. The first-order valence-corrected chi connectivity index (χ1v) is 7.62. The van der Waals surface area contributed by atoms with Crippen molar-refractivity contribution in [1.29, 1.82) is 0 Å². The van der Waals surface area contributed by atoms with Crippen molar-refractivity contribution in [3.8, 4) is 0 Å². The summed E-state index contributed by atoms with van der Waals surface area (Å²) >= 11 is 0. The molecule has 0 bridgehead atoms. The summed E-state index contributed by atoms with van der Waals surface area (Å²) in [5.74, 6) is 2.05. The zero-order valence-corrected chi connectivity index (χ0v) is 12.8. The molecule has 20 heavy (non-hydrogen) atoms. The van der Waals surface area contributed by atoms with Gasteiger partial charge in [0, 0.05) is 50.4 Å². The third-order valence-electron chi connectivity index (χ3n) is 4.61. The first-order valence-electron chi connectivity index (χ1n) is 7.62. The number of nitrogens with zero attached hydrogens (tertiary/aromatic N) is 4. The molecule has 2 heterocycles. The van der Waals surface area contributed by atoms with Crippen LogP contribution in [0.2, 0.25) is 0 Å². The van der Waals surface area contributed by atoms with Crippen LogP contribution in [0, 0.1) is 0 Å². The Morgan fingerprint density at radius 2 is 2.05 bits per heavy atom. The van der Waals surface area contributed by atoms with Crippen molar-refractivity contribution >= 4 is 5.82 Å². The first kappa shape index (κ1) is 13.8. The van der Waals surface area contributed by atoms with Gasteiger partial charge in [-0.05, 0) is 33.4 Å². The lowest BCUT2D eigenvalue weighted by Gasteiger charge is -2.37. The smallest absolute Gasteiger partial charge is 0.132 e. The quantitative estimate of drug-likeness (QED) is 0.884. The van der Waals surface area contributed by atoms with Crippen molar-refractivity contribution < 1.29 is 0 Å². The van der Waals surface area contributed by atoms with Gasteiger partial charge in [-0.15, -0.1) is 0 Å². The standard InChI is InChI=1S/C15H25N5/c1-16-15-12-5-4-6-13(12)17-14(18-15)9-11-10-19(2)7-8-20(11)3/h11H,4-10H2,1-3H3,(H,16,17,18). The summed E-state index contributed by atoms with van der Waals surface area (Å²) in [4.78, 5) is 14.4. The number of hydrogen-bond donors (Lipinski definition) is 1. The molecule has 1 unspecified atom stereocenters. The highest BCUT2D eigenvalue weighted by molar-refractivity contribution is 5.48. The van der Waals surface area contributed by atoms with Crippen LogP contribution in [0.15, 0.2) is 0 Å². The van der Waals surface area contributed by atoms with Crippen LogP contribution < -0.4 is 5.32 Å². The van der Waals surface area contributed by atoms with E-state index in [4.69, 9.17) is 9.97 Å². The van der Waals surface area contributed by atoms with Crippen molar-refractivity contribution in [2.45, 2.75) is 31.7 Å². The molecule has 1 atom stereocenters. The molecule has 1 N–H and O–H groups in total. The molecule has 5 heteroatoms. The molecule has 0 aromatic carbocycles. The number of rotatable bonds is 3. The summed E-state index contributed by atoms with van der Waals surface area (Å²) in [5, 5.41) is 3.25. The predicted molar refractivity (Wildman–Crippen MR) is 81.2 cm³/mol. The Morgan fingerprint density at radius 3 is 2.85 bits per heavy atom. The third kappa shape index (κ3) is 2.65. The van der Waals surface area contributed by atoms with Crippen LogP contribution >= 0.6 is 0 Å². The van der Waals surface area contributed by atoms with E-state index in [1.54, 1.807) is 0 Å². The van der Waals surface area contributed by atoms with Crippen LogP contribution in [0.4, 0.5) is 5.82 Å². The molecule has 1 aromatic rings. The Kier molecular flexibility index (Phi) is 3.89. The second kappa shape index (κ2) is 5.66. The van der Waals surface area contributed by atoms with E-state index in [2.05, 4.69) is 29.2 Å². The Bertz CT molecular complexity index is 487. The van der Waals surface area contributed by atoms with E-state index in [0.29, 0.717) is 6.04 Å². The molecule has 1 saturated heterocycles. The summed E-state index contributed by atoms with van der Waals surface area (Å²) in [6.45, 7) is 3.39. The van der Waals surface area contributed by atoms with E-state index in [1.165, 1.54) is 17.7 Å². The van der Waals surface area contributed by atoms with E-state index < -0.39 is 0 Å². The van der Waals surface area contributed by atoms with E-state index in [9.17, 15) is 0 Å². The zero-order chi connectivity index (χ0) is 14.1. The number of likely N-dealkylation sites (N-methyl/N-ethyl adjacent to an activating group) is 2. The van der Waals surface area contributed by atoms with Crippen LogP contribution in [0.1, 0.15) is 23.5 Å². The molecule has 3 rings (SSSR count). The summed E-state index contributed by atoms with van der Waals surface area (Å²) < 4.78 is 0. The third-order valence-corrected chi connectivity index (χ3v) is 4.61. The van der Waals surface area contributed by atoms with Gasteiger partial charge in [-0.3, -0.25) is 0 Å². The average molecular weight is 275 g/mol. The Balaban J connectivity index is 1.80. The van der Waals surface area contributed by atoms with Gasteiger partial charge < -0.3 is 15.1 Å². The molecule has 1 fully saturated rings. The fraction of sp³-hybridized carbons (Fsp3) is 0.733. The average Bonchev–Trinajstić information content (AvgIpc) is 2.90. The minimum atomic E-state index is 0.526. The zero-order valence-electron chi connectivity index (χ0n) is 12.8. The minimum absolute atomic E-state index is 0.526. The Hall–Kier alpha value is -1.20. The minimum Gasteiger partial charge on any atom is -0.373 e. The van der Waals surface area contributed by atoms with Crippen LogP contribution in [-0.2, 0) is 19.3 Å². The summed E-state index contributed by atoms with van der Waals surface area (Å²) in [7, 11) is 6.37. The molecule has 0 amide bonds. The number of piperazine rings is 1. The van der Waals surface area contributed by atoms with Crippen LogP contribution in [0.25, 0.3) is 0 Å². The maximum absolute atomic E-state index is 4.82. The molecule has 0 spiro atoms. The van der Waals surface area contributed by atoms with Gasteiger partial charge in [-0.2, -0.15) is 0 Å². The van der Waals surface area contributed by atoms with Gasteiger partial charge in [0.1, 0.15) is 11.6 Å². The lowest BCUT2D eigenvalue weighted by atomic mass is 10.1.